The van der Waals surface area contributed by atoms with E-state index in [4.69, 9.17) is 4.74 Å². The molecule has 1 aromatic heterocycles. The van der Waals surface area contributed by atoms with Crippen LogP contribution in [0.2, 0.25) is 0 Å². The molecule has 0 fully saturated rings. The van der Waals surface area contributed by atoms with E-state index in [-0.39, 0.29) is 22.8 Å². The topological polar surface area (TPSA) is 72.3 Å². The zero-order chi connectivity index (χ0) is 16.4. The Morgan fingerprint density at radius 1 is 1.09 bits per heavy atom. The second-order valence-corrected chi connectivity index (χ2v) is 4.68. The maximum absolute atomic E-state index is 12.7. The molecule has 2 aromatic carbocycles. The third-order valence-corrected chi connectivity index (χ3v) is 3.17. The van der Waals surface area contributed by atoms with Crippen molar-refractivity contribution in [1.29, 1.82) is 0 Å². The molecular formula is C16H10F2N2O3. The molecule has 5 nitrogen and oxygen atoms in total. The van der Waals surface area contributed by atoms with Crippen LogP contribution in [0.25, 0.3) is 10.9 Å². The van der Waals surface area contributed by atoms with E-state index in [1.807, 2.05) is 0 Å². The highest BCUT2D eigenvalue weighted by Gasteiger charge is 2.19. The molecule has 0 aliphatic heterocycles. The first-order chi connectivity index (χ1) is 11.1. The molecule has 1 N–H and O–H groups in total. The van der Waals surface area contributed by atoms with Gasteiger partial charge in [0.1, 0.15) is 11.3 Å². The lowest BCUT2D eigenvalue weighted by atomic mass is 10.1. The molecule has 3 rings (SSSR count). The van der Waals surface area contributed by atoms with E-state index in [9.17, 15) is 18.7 Å². The molecule has 0 saturated carbocycles. The van der Waals surface area contributed by atoms with Gasteiger partial charge in [0.05, 0.1) is 5.52 Å². The normalized spacial score (nSPS) is 10.9. The summed E-state index contributed by atoms with van der Waals surface area (Å²) in [6.07, 6.45) is -2.65. The number of halogens is 2. The Morgan fingerprint density at radius 3 is 2.61 bits per heavy atom. The lowest BCUT2D eigenvalue weighted by Gasteiger charge is -2.10. The Morgan fingerprint density at radius 2 is 1.87 bits per heavy atom. The first kappa shape index (κ1) is 14.8. The van der Waals surface area contributed by atoms with E-state index >= 15 is 0 Å². The van der Waals surface area contributed by atoms with Gasteiger partial charge in [-0.3, -0.25) is 0 Å². The van der Waals surface area contributed by atoms with Gasteiger partial charge in [-0.25, -0.2) is 13.6 Å². The molecule has 0 radical (unpaired) electrons. The molecule has 116 valence electrons. The summed E-state index contributed by atoms with van der Waals surface area (Å²) < 4.78 is 30.8. The molecular weight excluding hydrogens is 306 g/mol. The van der Waals surface area contributed by atoms with Crippen LogP contribution >= 0.6 is 0 Å². The summed E-state index contributed by atoms with van der Waals surface area (Å²) in [6.45, 7) is 0. The number of alkyl halides is 2. The minimum atomic E-state index is -2.65. The summed E-state index contributed by atoms with van der Waals surface area (Å²) in [6, 6.07) is 11.8. The van der Waals surface area contributed by atoms with Crippen molar-refractivity contribution in [3.05, 3.63) is 59.7 Å². The van der Waals surface area contributed by atoms with Crippen molar-refractivity contribution in [3.8, 4) is 11.6 Å². The zero-order valence-corrected chi connectivity index (χ0v) is 11.6. The largest absolute Gasteiger partial charge is 0.477 e. The number of carboxylic acid groups (broad SMARTS) is 1. The van der Waals surface area contributed by atoms with Gasteiger partial charge in [0, 0.05) is 10.9 Å². The molecule has 1 heterocycles. The van der Waals surface area contributed by atoms with Gasteiger partial charge in [0.2, 0.25) is 0 Å². The number of fused-ring (bicyclic) bond motifs is 1. The van der Waals surface area contributed by atoms with Gasteiger partial charge >= 0.3 is 5.97 Å². The lowest BCUT2D eigenvalue weighted by Crippen LogP contribution is -2.05. The predicted octanol–water partition coefficient (Wildman–Crippen LogP) is 4.06. The van der Waals surface area contributed by atoms with Gasteiger partial charge in [-0.15, -0.1) is 10.2 Å². The maximum atomic E-state index is 12.7. The van der Waals surface area contributed by atoms with Crippen molar-refractivity contribution in [2.45, 2.75) is 6.43 Å². The van der Waals surface area contributed by atoms with Crippen molar-refractivity contribution < 1.29 is 23.4 Å². The Balaban J connectivity index is 2.08. The van der Waals surface area contributed by atoms with Gasteiger partial charge in [0.15, 0.2) is 0 Å². The number of carbonyl (C=O) groups is 1. The Bertz CT molecular complexity index is 884. The average molecular weight is 316 g/mol. The van der Waals surface area contributed by atoms with Gasteiger partial charge in [0.25, 0.3) is 12.3 Å². The highest BCUT2D eigenvalue weighted by atomic mass is 19.3. The molecule has 0 unspecified atom stereocenters. The number of benzene rings is 2. The third-order valence-electron chi connectivity index (χ3n) is 3.17. The van der Waals surface area contributed by atoms with E-state index in [1.165, 1.54) is 18.2 Å². The zero-order valence-electron chi connectivity index (χ0n) is 11.6. The van der Waals surface area contributed by atoms with Gasteiger partial charge in [-0.05, 0) is 18.2 Å². The van der Waals surface area contributed by atoms with Crippen LogP contribution < -0.4 is 4.74 Å². The van der Waals surface area contributed by atoms with Crippen LogP contribution in [-0.2, 0) is 0 Å². The van der Waals surface area contributed by atoms with E-state index in [2.05, 4.69) is 10.2 Å². The molecule has 0 aliphatic rings. The lowest BCUT2D eigenvalue weighted by molar-refractivity contribution is 0.0695. The molecule has 0 saturated heterocycles. The van der Waals surface area contributed by atoms with Crippen molar-refractivity contribution in [2.24, 2.45) is 0 Å². The first-order valence-corrected chi connectivity index (χ1v) is 6.61. The number of hydrogen-bond acceptors (Lipinski definition) is 4. The number of aromatic nitrogens is 2. The summed E-state index contributed by atoms with van der Waals surface area (Å²) in [7, 11) is 0. The Labute approximate surface area is 129 Å². The highest BCUT2D eigenvalue weighted by molar-refractivity contribution is 6.04. The van der Waals surface area contributed by atoms with Gasteiger partial charge in [-0.2, -0.15) is 0 Å². The van der Waals surface area contributed by atoms with Crippen molar-refractivity contribution in [3.63, 3.8) is 0 Å². The summed E-state index contributed by atoms with van der Waals surface area (Å²) >= 11 is 0. The van der Waals surface area contributed by atoms with Crippen LogP contribution in [-0.4, -0.2) is 21.3 Å². The SMILES string of the molecule is O=C(O)c1c(Oc2cccc(C(F)F)c2)nnc2ccccc12. The smallest absolute Gasteiger partial charge is 0.342 e. The van der Waals surface area contributed by atoms with Crippen LogP contribution in [0.3, 0.4) is 0 Å². The fraction of sp³-hybridized carbons (Fsp3) is 0.0625. The minimum Gasteiger partial charge on any atom is -0.477 e. The van der Waals surface area contributed by atoms with Crippen molar-refractivity contribution >= 4 is 16.9 Å². The standard InChI is InChI=1S/C16H10F2N2O3/c17-14(18)9-4-3-5-10(8-9)23-15-13(16(21)22)11-6-1-2-7-12(11)19-20-15/h1-8,14H,(H,21,22). The minimum absolute atomic E-state index is 0.0647. The average Bonchev–Trinajstić information content (AvgIpc) is 2.54. The number of carboxylic acids is 1. The van der Waals surface area contributed by atoms with Crippen molar-refractivity contribution in [2.75, 3.05) is 0 Å². The van der Waals surface area contributed by atoms with E-state index in [1.54, 1.807) is 24.3 Å². The van der Waals surface area contributed by atoms with Crippen LogP contribution in [0.5, 0.6) is 11.6 Å². The van der Waals surface area contributed by atoms with Crippen LogP contribution in [0, 0.1) is 0 Å². The van der Waals surface area contributed by atoms with E-state index in [0.717, 1.165) is 6.07 Å². The van der Waals surface area contributed by atoms with E-state index < -0.39 is 12.4 Å². The number of ether oxygens (including phenoxy) is 1. The molecule has 0 atom stereocenters. The third kappa shape index (κ3) is 2.94. The first-order valence-electron chi connectivity index (χ1n) is 6.61. The van der Waals surface area contributed by atoms with Crippen molar-refractivity contribution in [1.82, 2.24) is 10.2 Å². The Hall–Kier alpha value is -3.09. The summed E-state index contributed by atoms with van der Waals surface area (Å²) in [5.41, 5.74) is 0.00440. The molecule has 0 bridgehead atoms. The molecule has 0 aliphatic carbocycles. The number of rotatable bonds is 4. The second kappa shape index (κ2) is 5.96. The highest BCUT2D eigenvalue weighted by Crippen LogP contribution is 2.30. The number of hydrogen-bond donors (Lipinski definition) is 1. The summed E-state index contributed by atoms with van der Waals surface area (Å²) in [4.78, 5) is 11.5. The summed E-state index contributed by atoms with van der Waals surface area (Å²) in [5, 5.41) is 17.4. The van der Waals surface area contributed by atoms with Gasteiger partial charge < -0.3 is 9.84 Å². The van der Waals surface area contributed by atoms with Crippen LogP contribution in [0.1, 0.15) is 22.3 Å². The fourth-order valence-electron chi connectivity index (χ4n) is 2.14. The number of nitrogens with zero attached hydrogens (tertiary/aromatic N) is 2. The Kier molecular flexibility index (Phi) is 3.84. The van der Waals surface area contributed by atoms with E-state index in [0.29, 0.717) is 10.9 Å². The predicted molar refractivity (Wildman–Crippen MR) is 78.0 cm³/mol. The molecule has 23 heavy (non-hydrogen) atoms. The maximum Gasteiger partial charge on any atom is 0.342 e. The fourth-order valence-corrected chi connectivity index (χ4v) is 2.14. The molecule has 3 aromatic rings. The molecule has 0 spiro atoms. The second-order valence-electron chi connectivity index (χ2n) is 4.68. The molecule has 7 heteroatoms. The van der Waals surface area contributed by atoms with Crippen LogP contribution in [0.4, 0.5) is 8.78 Å². The number of aromatic carboxylic acids is 1. The molecule has 0 amide bonds. The monoisotopic (exact) mass is 316 g/mol. The quantitative estimate of drug-likeness (QED) is 0.786. The van der Waals surface area contributed by atoms with Gasteiger partial charge in [-0.1, -0.05) is 30.3 Å². The summed E-state index contributed by atoms with van der Waals surface area (Å²) in [5.74, 6) is -1.42. The van der Waals surface area contributed by atoms with Crippen LogP contribution in [0.15, 0.2) is 48.5 Å².